The lowest BCUT2D eigenvalue weighted by molar-refractivity contribution is 0.0930. The predicted octanol–water partition coefficient (Wildman–Crippen LogP) is 0.204. The van der Waals surface area contributed by atoms with E-state index in [4.69, 9.17) is 9.47 Å². The molecule has 2 aromatic heterocycles. The third-order valence-electron chi connectivity index (χ3n) is 3.24. The Balaban J connectivity index is 2.39. The minimum Gasteiger partial charge on any atom is -0.385 e. The van der Waals surface area contributed by atoms with Gasteiger partial charge in [0.15, 0.2) is 11.3 Å². The lowest BCUT2D eigenvalue weighted by Crippen LogP contribution is -2.36. The molecule has 0 fully saturated rings. The van der Waals surface area contributed by atoms with E-state index < -0.39 is 11.5 Å². The van der Waals surface area contributed by atoms with Crippen LogP contribution in [0.15, 0.2) is 23.1 Å². The van der Waals surface area contributed by atoms with Gasteiger partial charge in [0.2, 0.25) is 0 Å². The van der Waals surface area contributed by atoms with E-state index in [-0.39, 0.29) is 5.69 Å². The van der Waals surface area contributed by atoms with E-state index in [0.717, 1.165) is 0 Å². The summed E-state index contributed by atoms with van der Waals surface area (Å²) in [6, 6.07) is 3.44. The summed E-state index contributed by atoms with van der Waals surface area (Å²) in [4.78, 5) is 33.1. The molecule has 124 valence electrons. The van der Waals surface area contributed by atoms with E-state index in [0.29, 0.717) is 43.9 Å². The number of fused-ring (bicyclic) bond motifs is 1. The normalized spacial score (nSPS) is 10.9. The lowest BCUT2D eigenvalue weighted by Gasteiger charge is -2.11. The highest BCUT2D eigenvalue weighted by molar-refractivity contribution is 5.93. The Bertz CT molecular complexity index is 729. The predicted molar refractivity (Wildman–Crippen MR) is 84.5 cm³/mol. The van der Waals surface area contributed by atoms with Gasteiger partial charge in [-0.1, -0.05) is 0 Å². The molecule has 0 bridgehead atoms. The molecular weight excluding hydrogens is 300 g/mol. The molecule has 0 aliphatic carbocycles. The van der Waals surface area contributed by atoms with Gasteiger partial charge in [0.25, 0.3) is 11.5 Å². The number of methoxy groups -OCH3 is 2. The second kappa shape index (κ2) is 8.35. The van der Waals surface area contributed by atoms with Gasteiger partial charge in [-0.05, 0) is 18.6 Å². The highest BCUT2D eigenvalue weighted by Gasteiger charge is 2.17. The van der Waals surface area contributed by atoms with Crippen LogP contribution in [0.4, 0.5) is 0 Å². The van der Waals surface area contributed by atoms with Crippen molar-refractivity contribution in [1.29, 1.82) is 0 Å². The zero-order chi connectivity index (χ0) is 16.7. The van der Waals surface area contributed by atoms with Crippen LogP contribution < -0.4 is 10.9 Å². The smallest absolute Gasteiger partial charge is 0.283 e. The number of carbonyl (C=O) groups excluding carboxylic acids is 1. The van der Waals surface area contributed by atoms with Crippen LogP contribution in [-0.4, -0.2) is 54.4 Å². The van der Waals surface area contributed by atoms with Gasteiger partial charge < -0.3 is 14.8 Å². The monoisotopic (exact) mass is 320 g/mol. The van der Waals surface area contributed by atoms with E-state index in [1.165, 1.54) is 11.7 Å². The summed E-state index contributed by atoms with van der Waals surface area (Å²) in [6.45, 7) is 1.59. The second-order valence-electron chi connectivity index (χ2n) is 4.86. The largest absolute Gasteiger partial charge is 0.385 e. The van der Waals surface area contributed by atoms with Crippen molar-refractivity contribution in [3.8, 4) is 0 Å². The summed E-state index contributed by atoms with van der Waals surface area (Å²) in [6.07, 6.45) is 2.23. The van der Waals surface area contributed by atoms with Gasteiger partial charge in [0, 0.05) is 40.1 Å². The van der Waals surface area contributed by atoms with Gasteiger partial charge in [-0.25, -0.2) is 9.97 Å². The molecule has 0 aliphatic rings. The van der Waals surface area contributed by atoms with E-state index in [9.17, 15) is 9.59 Å². The Kier molecular flexibility index (Phi) is 6.19. The number of aryl methyl sites for hydroxylation is 1. The fraction of sp³-hybridized carbons (Fsp3) is 0.467. The lowest BCUT2D eigenvalue weighted by atomic mass is 10.3. The number of pyridine rings is 1. The Morgan fingerprint density at radius 2 is 2.09 bits per heavy atom. The van der Waals surface area contributed by atoms with Gasteiger partial charge in [-0.2, -0.15) is 0 Å². The molecule has 2 aromatic rings. The average molecular weight is 320 g/mol. The summed E-state index contributed by atoms with van der Waals surface area (Å²) >= 11 is 0. The molecule has 2 rings (SSSR count). The molecule has 0 aliphatic heterocycles. The highest BCUT2D eigenvalue weighted by atomic mass is 16.5. The Morgan fingerprint density at radius 1 is 1.30 bits per heavy atom. The molecule has 0 unspecified atom stereocenters. The van der Waals surface area contributed by atoms with Crippen LogP contribution in [-0.2, 0) is 16.0 Å². The number of nitrogens with one attached hydrogen (secondary N) is 1. The number of aromatic nitrogens is 3. The summed E-state index contributed by atoms with van der Waals surface area (Å²) in [5, 5.41) is 2.62. The number of rotatable bonds is 8. The number of amides is 1. The number of carbonyl (C=O) groups is 1. The SMILES string of the molecule is COCCCn1c(=O)c(C(=O)NCCOC)nc2cccnc21. The standard InChI is InChI=1S/C15H20N4O4/c1-22-9-4-8-19-13-11(5-3-6-16-13)18-12(15(19)21)14(20)17-7-10-23-2/h3,5-6H,4,7-10H2,1-2H3,(H,17,20). The van der Waals surface area contributed by atoms with E-state index in [2.05, 4.69) is 15.3 Å². The van der Waals surface area contributed by atoms with Crippen LogP contribution in [0.2, 0.25) is 0 Å². The van der Waals surface area contributed by atoms with Gasteiger partial charge in [-0.15, -0.1) is 0 Å². The van der Waals surface area contributed by atoms with Crippen LogP contribution in [0.5, 0.6) is 0 Å². The van der Waals surface area contributed by atoms with Crippen molar-refractivity contribution in [2.24, 2.45) is 0 Å². The maximum atomic E-state index is 12.6. The van der Waals surface area contributed by atoms with Gasteiger partial charge in [0.05, 0.1) is 6.61 Å². The minimum absolute atomic E-state index is 0.140. The van der Waals surface area contributed by atoms with Crippen molar-refractivity contribution < 1.29 is 14.3 Å². The molecule has 0 atom stereocenters. The van der Waals surface area contributed by atoms with Crippen LogP contribution in [0.25, 0.3) is 11.2 Å². The Hall–Kier alpha value is -2.32. The first-order valence-corrected chi connectivity index (χ1v) is 7.30. The summed E-state index contributed by atoms with van der Waals surface area (Å²) < 4.78 is 11.4. The van der Waals surface area contributed by atoms with Crippen molar-refractivity contribution in [1.82, 2.24) is 19.9 Å². The quantitative estimate of drug-likeness (QED) is 0.698. The third kappa shape index (κ3) is 4.11. The van der Waals surface area contributed by atoms with Crippen LogP contribution in [0.1, 0.15) is 16.9 Å². The zero-order valence-corrected chi connectivity index (χ0v) is 13.2. The first-order chi connectivity index (χ1) is 11.2. The van der Waals surface area contributed by atoms with E-state index in [1.807, 2.05) is 0 Å². The summed E-state index contributed by atoms with van der Waals surface area (Å²) in [5.41, 5.74) is 0.365. The molecule has 8 heteroatoms. The van der Waals surface area contributed by atoms with Gasteiger partial charge in [-0.3, -0.25) is 14.2 Å². The van der Waals surface area contributed by atoms with Crippen molar-refractivity contribution in [2.45, 2.75) is 13.0 Å². The molecule has 0 spiro atoms. The molecule has 8 nitrogen and oxygen atoms in total. The molecule has 1 N–H and O–H groups in total. The molecule has 2 heterocycles. The molecule has 1 amide bonds. The van der Waals surface area contributed by atoms with Gasteiger partial charge in [0.1, 0.15) is 5.52 Å². The molecule has 0 radical (unpaired) electrons. The first-order valence-electron chi connectivity index (χ1n) is 7.30. The molecule has 0 saturated carbocycles. The van der Waals surface area contributed by atoms with Crippen molar-refractivity contribution in [2.75, 3.05) is 34.0 Å². The van der Waals surface area contributed by atoms with Crippen molar-refractivity contribution >= 4 is 17.1 Å². The average Bonchev–Trinajstić information content (AvgIpc) is 2.56. The third-order valence-corrected chi connectivity index (χ3v) is 3.24. The summed E-state index contributed by atoms with van der Waals surface area (Å²) in [5.74, 6) is -0.515. The maximum Gasteiger partial charge on any atom is 0.283 e. The zero-order valence-electron chi connectivity index (χ0n) is 13.2. The maximum absolute atomic E-state index is 12.6. The molecule has 0 aromatic carbocycles. The topological polar surface area (TPSA) is 95.3 Å². The van der Waals surface area contributed by atoms with Crippen LogP contribution >= 0.6 is 0 Å². The van der Waals surface area contributed by atoms with Crippen molar-refractivity contribution in [3.63, 3.8) is 0 Å². The molecule has 0 saturated heterocycles. The number of ether oxygens (including phenoxy) is 2. The van der Waals surface area contributed by atoms with Crippen LogP contribution in [0, 0.1) is 0 Å². The number of hydrogen-bond acceptors (Lipinski definition) is 6. The molecule has 23 heavy (non-hydrogen) atoms. The fourth-order valence-corrected chi connectivity index (χ4v) is 2.15. The van der Waals surface area contributed by atoms with Crippen LogP contribution in [0.3, 0.4) is 0 Å². The Morgan fingerprint density at radius 3 is 2.83 bits per heavy atom. The Labute approximate surface area is 133 Å². The summed E-state index contributed by atoms with van der Waals surface area (Å²) in [7, 11) is 3.13. The minimum atomic E-state index is -0.515. The molecular formula is C15H20N4O4. The van der Waals surface area contributed by atoms with E-state index in [1.54, 1.807) is 25.4 Å². The number of nitrogens with zero attached hydrogens (tertiary/aromatic N) is 3. The second-order valence-corrected chi connectivity index (χ2v) is 4.86. The first kappa shape index (κ1) is 17.0. The fourth-order valence-electron chi connectivity index (χ4n) is 2.15. The highest BCUT2D eigenvalue weighted by Crippen LogP contribution is 2.07. The van der Waals surface area contributed by atoms with Crippen molar-refractivity contribution in [3.05, 3.63) is 34.4 Å². The van der Waals surface area contributed by atoms with E-state index >= 15 is 0 Å². The number of hydrogen-bond donors (Lipinski definition) is 1. The van der Waals surface area contributed by atoms with Gasteiger partial charge >= 0.3 is 0 Å².